The van der Waals surface area contributed by atoms with Gasteiger partial charge in [-0.05, 0) is 37.6 Å². The molecule has 1 aromatic rings. The molecule has 5 nitrogen and oxygen atoms in total. The zero-order chi connectivity index (χ0) is 15.1. The SMILES string of the molecule is COC(CN)CC(=O)Nc1ccccc1CN1CCCC1. The Labute approximate surface area is 126 Å². The number of para-hydroxylation sites is 1. The van der Waals surface area contributed by atoms with Crippen molar-refractivity contribution in [3.63, 3.8) is 0 Å². The van der Waals surface area contributed by atoms with Gasteiger partial charge < -0.3 is 15.8 Å². The summed E-state index contributed by atoms with van der Waals surface area (Å²) in [6.45, 7) is 3.52. The molecule has 0 spiro atoms. The van der Waals surface area contributed by atoms with Gasteiger partial charge in [-0.25, -0.2) is 0 Å². The molecule has 1 aromatic carbocycles. The Kier molecular flexibility index (Phi) is 6.17. The van der Waals surface area contributed by atoms with E-state index in [1.54, 1.807) is 7.11 Å². The first-order chi connectivity index (χ1) is 10.2. The van der Waals surface area contributed by atoms with E-state index in [-0.39, 0.29) is 18.4 Å². The van der Waals surface area contributed by atoms with Crippen LogP contribution < -0.4 is 11.1 Å². The van der Waals surface area contributed by atoms with E-state index in [1.807, 2.05) is 18.2 Å². The first kappa shape index (κ1) is 15.9. The van der Waals surface area contributed by atoms with Gasteiger partial charge in [0, 0.05) is 25.9 Å². The minimum absolute atomic E-state index is 0.0545. The standard InChI is InChI=1S/C16H25N3O2/c1-21-14(11-17)10-16(20)18-15-7-3-2-6-13(15)12-19-8-4-5-9-19/h2-3,6-7,14H,4-5,8-12,17H2,1H3,(H,18,20). The van der Waals surface area contributed by atoms with Crippen molar-refractivity contribution in [3.05, 3.63) is 29.8 Å². The van der Waals surface area contributed by atoms with Crippen molar-refractivity contribution in [2.75, 3.05) is 32.1 Å². The van der Waals surface area contributed by atoms with Gasteiger partial charge in [0.25, 0.3) is 0 Å². The quantitative estimate of drug-likeness (QED) is 0.800. The van der Waals surface area contributed by atoms with Gasteiger partial charge in [-0.3, -0.25) is 9.69 Å². The highest BCUT2D eigenvalue weighted by Gasteiger charge is 2.16. The number of likely N-dealkylation sites (tertiary alicyclic amines) is 1. The fourth-order valence-corrected chi connectivity index (χ4v) is 2.63. The maximum absolute atomic E-state index is 12.1. The first-order valence-corrected chi connectivity index (χ1v) is 7.56. The lowest BCUT2D eigenvalue weighted by atomic mass is 10.1. The number of carbonyl (C=O) groups is 1. The van der Waals surface area contributed by atoms with Crippen molar-refractivity contribution < 1.29 is 9.53 Å². The van der Waals surface area contributed by atoms with E-state index in [4.69, 9.17) is 10.5 Å². The summed E-state index contributed by atoms with van der Waals surface area (Å²) in [6, 6.07) is 7.98. The predicted molar refractivity (Wildman–Crippen MR) is 84.1 cm³/mol. The largest absolute Gasteiger partial charge is 0.380 e. The summed E-state index contributed by atoms with van der Waals surface area (Å²) in [5.41, 5.74) is 7.60. The van der Waals surface area contributed by atoms with Crippen LogP contribution >= 0.6 is 0 Å². The minimum atomic E-state index is -0.226. The zero-order valence-electron chi connectivity index (χ0n) is 12.7. The number of hydrogen-bond donors (Lipinski definition) is 2. The molecule has 1 amide bonds. The molecule has 1 heterocycles. The number of nitrogens with two attached hydrogens (primary N) is 1. The molecule has 0 aliphatic carbocycles. The molecular formula is C16H25N3O2. The molecule has 1 aliphatic rings. The van der Waals surface area contributed by atoms with E-state index in [0.29, 0.717) is 6.54 Å². The molecule has 0 bridgehead atoms. The van der Waals surface area contributed by atoms with Crippen LogP contribution in [0.25, 0.3) is 0 Å². The number of nitrogens with zero attached hydrogens (tertiary/aromatic N) is 1. The topological polar surface area (TPSA) is 67.6 Å². The lowest BCUT2D eigenvalue weighted by Gasteiger charge is -2.18. The Morgan fingerprint density at radius 3 is 2.76 bits per heavy atom. The van der Waals surface area contributed by atoms with Crippen LogP contribution in [0.4, 0.5) is 5.69 Å². The number of methoxy groups -OCH3 is 1. The summed E-state index contributed by atoms with van der Waals surface area (Å²) in [5, 5.41) is 2.98. The second kappa shape index (κ2) is 8.12. The van der Waals surface area contributed by atoms with Gasteiger partial charge in [-0.15, -0.1) is 0 Å². The van der Waals surface area contributed by atoms with Crippen LogP contribution in [0.15, 0.2) is 24.3 Å². The summed E-state index contributed by atoms with van der Waals surface area (Å²) in [6.07, 6.45) is 2.59. The molecule has 1 unspecified atom stereocenters. The fraction of sp³-hybridized carbons (Fsp3) is 0.562. The van der Waals surface area contributed by atoms with Crippen LogP contribution in [0.3, 0.4) is 0 Å². The van der Waals surface area contributed by atoms with E-state index in [2.05, 4.69) is 16.3 Å². The monoisotopic (exact) mass is 291 g/mol. The number of hydrogen-bond acceptors (Lipinski definition) is 4. The summed E-state index contributed by atoms with van der Waals surface area (Å²) >= 11 is 0. The molecule has 0 radical (unpaired) electrons. The molecule has 2 rings (SSSR count). The molecule has 1 saturated heterocycles. The van der Waals surface area contributed by atoms with Gasteiger partial charge in [0.2, 0.25) is 5.91 Å². The van der Waals surface area contributed by atoms with Crippen molar-refractivity contribution in [2.24, 2.45) is 5.73 Å². The normalized spacial score (nSPS) is 16.9. The van der Waals surface area contributed by atoms with E-state index < -0.39 is 0 Å². The molecule has 5 heteroatoms. The van der Waals surface area contributed by atoms with Crippen LogP contribution in [-0.2, 0) is 16.1 Å². The van der Waals surface area contributed by atoms with E-state index in [9.17, 15) is 4.79 Å². The van der Waals surface area contributed by atoms with Gasteiger partial charge in [-0.1, -0.05) is 18.2 Å². The minimum Gasteiger partial charge on any atom is -0.380 e. The third-order valence-electron chi connectivity index (χ3n) is 3.89. The Morgan fingerprint density at radius 1 is 1.38 bits per heavy atom. The smallest absolute Gasteiger partial charge is 0.227 e. The molecule has 0 saturated carbocycles. The van der Waals surface area contributed by atoms with Crippen molar-refractivity contribution in [3.8, 4) is 0 Å². The maximum Gasteiger partial charge on any atom is 0.227 e. The lowest BCUT2D eigenvalue weighted by Crippen LogP contribution is -2.28. The Balaban J connectivity index is 1.97. The number of benzene rings is 1. The Hall–Kier alpha value is -1.43. The van der Waals surface area contributed by atoms with Crippen molar-refractivity contribution in [1.29, 1.82) is 0 Å². The van der Waals surface area contributed by atoms with Crippen LogP contribution in [0, 0.1) is 0 Å². The summed E-state index contributed by atoms with van der Waals surface area (Å²) in [4.78, 5) is 14.5. The highest BCUT2D eigenvalue weighted by atomic mass is 16.5. The summed E-state index contributed by atoms with van der Waals surface area (Å²) < 4.78 is 5.15. The molecule has 21 heavy (non-hydrogen) atoms. The van der Waals surface area contributed by atoms with Gasteiger partial charge in [0.1, 0.15) is 0 Å². The van der Waals surface area contributed by atoms with Crippen molar-refractivity contribution >= 4 is 11.6 Å². The van der Waals surface area contributed by atoms with Crippen LogP contribution in [0.1, 0.15) is 24.8 Å². The van der Waals surface area contributed by atoms with E-state index >= 15 is 0 Å². The fourth-order valence-electron chi connectivity index (χ4n) is 2.63. The lowest BCUT2D eigenvalue weighted by molar-refractivity contribution is -0.118. The summed E-state index contributed by atoms with van der Waals surface area (Å²) in [7, 11) is 1.58. The molecule has 0 aromatic heterocycles. The highest BCUT2D eigenvalue weighted by molar-refractivity contribution is 5.91. The van der Waals surface area contributed by atoms with Crippen LogP contribution in [-0.4, -0.2) is 43.7 Å². The van der Waals surface area contributed by atoms with Gasteiger partial charge in [0.05, 0.1) is 12.5 Å². The third-order valence-corrected chi connectivity index (χ3v) is 3.89. The average molecular weight is 291 g/mol. The number of carbonyl (C=O) groups excluding carboxylic acids is 1. The molecule has 3 N–H and O–H groups in total. The maximum atomic E-state index is 12.1. The zero-order valence-corrected chi connectivity index (χ0v) is 12.7. The highest BCUT2D eigenvalue weighted by Crippen LogP contribution is 2.20. The number of nitrogens with one attached hydrogen (secondary N) is 1. The number of anilines is 1. The van der Waals surface area contributed by atoms with Crippen LogP contribution in [0.5, 0.6) is 0 Å². The van der Waals surface area contributed by atoms with Crippen molar-refractivity contribution in [2.45, 2.75) is 31.9 Å². The first-order valence-electron chi connectivity index (χ1n) is 7.56. The predicted octanol–water partition coefficient (Wildman–Crippen LogP) is 1.58. The third kappa shape index (κ3) is 4.81. The van der Waals surface area contributed by atoms with Crippen molar-refractivity contribution in [1.82, 2.24) is 4.90 Å². The van der Waals surface area contributed by atoms with E-state index in [0.717, 1.165) is 30.9 Å². The summed E-state index contributed by atoms with van der Waals surface area (Å²) in [5.74, 6) is -0.0545. The Bertz CT molecular complexity index is 455. The van der Waals surface area contributed by atoms with Gasteiger partial charge in [0.15, 0.2) is 0 Å². The number of amides is 1. The van der Waals surface area contributed by atoms with Gasteiger partial charge >= 0.3 is 0 Å². The van der Waals surface area contributed by atoms with Crippen LogP contribution in [0.2, 0.25) is 0 Å². The molecule has 1 fully saturated rings. The van der Waals surface area contributed by atoms with E-state index in [1.165, 1.54) is 12.8 Å². The second-order valence-electron chi connectivity index (χ2n) is 5.49. The molecular weight excluding hydrogens is 266 g/mol. The Morgan fingerprint density at radius 2 is 2.10 bits per heavy atom. The van der Waals surface area contributed by atoms with Gasteiger partial charge in [-0.2, -0.15) is 0 Å². The molecule has 1 atom stereocenters. The second-order valence-corrected chi connectivity index (χ2v) is 5.49. The number of rotatable bonds is 7. The molecule has 116 valence electrons. The molecule has 1 aliphatic heterocycles. The average Bonchev–Trinajstić information content (AvgIpc) is 3.00. The number of ether oxygens (including phenoxy) is 1.